The van der Waals surface area contributed by atoms with E-state index in [-0.39, 0.29) is 24.0 Å². The van der Waals surface area contributed by atoms with Crippen molar-refractivity contribution in [3.05, 3.63) is 29.8 Å². The lowest BCUT2D eigenvalue weighted by Gasteiger charge is -2.31. The highest BCUT2D eigenvalue weighted by molar-refractivity contribution is 14.0. The minimum absolute atomic E-state index is 0. The van der Waals surface area contributed by atoms with E-state index < -0.39 is 0 Å². The van der Waals surface area contributed by atoms with Crippen LogP contribution in [0.2, 0.25) is 0 Å². The molecule has 0 atom stereocenters. The summed E-state index contributed by atoms with van der Waals surface area (Å²) in [4.78, 5) is 7.19. The van der Waals surface area contributed by atoms with E-state index >= 15 is 0 Å². The number of hydrogen-bond donors (Lipinski definition) is 2. The van der Waals surface area contributed by atoms with Crippen LogP contribution in [-0.4, -0.2) is 50.7 Å². The van der Waals surface area contributed by atoms with Crippen LogP contribution in [-0.2, 0) is 6.54 Å². The number of guanidine groups is 1. The topological polar surface area (TPSA) is 48.9 Å². The van der Waals surface area contributed by atoms with Gasteiger partial charge in [-0.25, -0.2) is 0 Å². The third kappa shape index (κ3) is 7.83. The average Bonchev–Trinajstić information content (AvgIpc) is 2.66. The first-order valence-corrected chi connectivity index (χ1v) is 9.06. The maximum Gasteiger partial charge on any atom is 0.192 e. The number of likely N-dealkylation sites (tertiary alicyclic amines) is 1. The number of halogens is 1. The summed E-state index contributed by atoms with van der Waals surface area (Å²) in [6.07, 6.45) is 7.68. The SMILES string of the molecule is C#CCNC(=NCC1CCN(Cc2ccc(OC)cc2)CC1)NCC.I. The fourth-order valence-corrected chi connectivity index (χ4v) is 3.01. The van der Waals surface area contributed by atoms with Crippen LogP contribution in [0.4, 0.5) is 0 Å². The van der Waals surface area contributed by atoms with Crippen LogP contribution in [0.5, 0.6) is 5.75 Å². The molecule has 1 aromatic carbocycles. The molecular weight excluding hydrogens is 439 g/mol. The van der Waals surface area contributed by atoms with Gasteiger partial charge in [0.2, 0.25) is 0 Å². The van der Waals surface area contributed by atoms with Crippen molar-refractivity contribution in [2.75, 3.05) is 39.8 Å². The van der Waals surface area contributed by atoms with Gasteiger partial charge in [-0.15, -0.1) is 30.4 Å². The van der Waals surface area contributed by atoms with E-state index in [1.807, 2.05) is 12.1 Å². The Morgan fingerprint density at radius 3 is 2.54 bits per heavy atom. The maximum atomic E-state index is 5.30. The predicted octanol–water partition coefficient (Wildman–Crippen LogP) is 2.71. The molecule has 5 nitrogen and oxygen atoms in total. The lowest BCUT2D eigenvalue weighted by atomic mass is 9.96. The zero-order valence-electron chi connectivity index (χ0n) is 15.8. The molecule has 2 N–H and O–H groups in total. The Morgan fingerprint density at radius 1 is 1.27 bits per heavy atom. The molecule has 0 radical (unpaired) electrons. The van der Waals surface area contributed by atoms with E-state index in [1.54, 1.807) is 7.11 Å². The second kappa shape index (κ2) is 12.8. The quantitative estimate of drug-likeness (QED) is 0.279. The lowest BCUT2D eigenvalue weighted by Crippen LogP contribution is -2.38. The second-order valence-corrected chi connectivity index (χ2v) is 6.34. The lowest BCUT2D eigenvalue weighted by molar-refractivity contribution is 0.180. The Kier molecular flexibility index (Phi) is 11.1. The summed E-state index contributed by atoms with van der Waals surface area (Å²) in [6.45, 7) is 7.53. The third-order valence-corrected chi connectivity index (χ3v) is 4.48. The van der Waals surface area contributed by atoms with Crippen molar-refractivity contribution in [2.45, 2.75) is 26.3 Å². The Bertz CT molecular complexity index is 574. The van der Waals surface area contributed by atoms with Crippen molar-refractivity contribution in [1.82, 2.24) is 15.5 Å². The molecule has 1 aliphatic rings. The zero-order valence-corrected chi connectivity index (χ0v) is 18.2. The number of benzene rings is 1. The van der Waals surface area contributed by atoms with Crippen LogP contribution in [0, 0.1) is 18.3 Å². The monoisotopic (exact) mass is 470 g/mol. The minimum atomic E-state index is 0. The number of ether oxygens (including phenoxy) is 1. The predicted molar refractivity (Wildman–Crippen MR) is 119 cm³/mol. The number of hydrogen-bond acceptors (Lipinski definition) is 3. The van der Waals surface area contributed by atoms with Gasteiger partial charge < -0.3 is 15.4 Å². The molecule has 26 heavy (non-hydrogen) atoms. The third-order valence-electron chi connectivity index (χ3n) is 4.48. The molecule has 0 spiro atoms. The van der Waals surface area contributed by atoms with E-state index in [0.29, 0.717) is 12.5 Å². The molecule has 0 amide bonds. The highest BCUT2D eigenvalue weighted by Crippen LogP contribution is 2.20. The van der Waals surface area contributed by atoms with Gasteiger partial charge in [-0.3, -0.25) is 9.89 Å². The summed E-state index contributed by atoms with van der Waals surface area (Å²) < 4.78 is 5.21. The summed E-state index contributed by atoms with van der Waals surface area (Å²) in [5, 5.41) is 6.37. The molecule has 144 valence electrons. The molecule has 0 aromatic heterocycles. The Hall–Kier alpha value is -1.46. The van der Waals surface area contributed by atoms with Gasteiger partial charge >= 0.3 is 0 Å². The van der Waals surface area contributed by atoms with Crippen LogP contribution in [0.1, 0.15) is 25.3 Å². The molecule has 0 bridgehead atoms. The van der Waals surface area contributed by atoms with Gasteiger partial charge in [-0.05, 0) is 56.5 Å². The van der Waals surface area contributed by atoms with Gasteiger partial charge in [0.25, 0.3) is 0 Å². The van der Waals surface area contributed by atoms with Gasteiger partial charge in [0, 0.05) is 19.6 Å². The number of nitrogens with one attached hydrogen (secondary N) is 2. The number of methoxy groups -OCH3 is 1. The van der Waals surface area contributed by atoms with Crippen LogP contribution < -0.4 is 15.4 Å². The van der Waals surface area contributed by atoms with Crippen LogP contribution >= 0.6 is 24.0 Å². The highest BCUT2D eigenvalue weighted by Gasteiger charge is 2.19. The van der Waals surface area contributed by atoms with E-state index in [4.69, 9.17) is 11.2 Å². The molecule has 1 fully saturated rings. The van der Waals surface area contributed by atoms with Crippen LogP contribution in [0.25, 0.3) is 0 Å². The van der Waals surface area contributed by atoms with E-state index in [2.05, 4.69) is 45.5 Å². The largest absolute Gasteiger partial charge is 0.497 e. The Labute approximate surface area is 175 Å². The van der Waals surface area contributed by atoms with Crippen molar-refractivity contribution in [3.63, 3.8) is 0 Å². The van der Waals surface area contributed by atoms with Crippen molar-refractivity contribution in [1.29, 1.82) is 0 Å². The summed E-state index contributed by atoms with van der Waals surface area (Å²) in [7, 11) is 1.70. The standard InChI is InChI=1S/C20H30N4O.HI/c1-4-12-22-20(21-5-2)23-15-17-10-13-24(14-11-17)16-18-6-8-19(25-3)9-7-18;/h1,6-9,17H,5,10-16H2,2-3H3,(H2,21,22,23);1H. The normalized spacial score (nSPS) is 15.7. The second-order valence-electron chi connectivity index (χ2n) is 6.34. The van der Waals surface area contributed by atoms with Gasteiger partial charge in [-0.2, -0.15) is 0 Å². The number of aliphatic imine (C=N–C) groups is 1. The molecule has 1 saturated heterocycles. The zero-order chi connectivity index (χ0) is 17.9. The summed E-state index contributed by atoms with van der Waals surface area (Å²) in [5.74, 6) is 4.96. The number of piperidine rings is 1. The molecule has 0 unspecified atom stereocenters. The number of rotatable bonds is 7. The Balaban J connectivity index is 0.00000338. The van der Waals surface area contributed by atoms with E-state index in [1.165, 1.54) is 18.4 Å². The average molecular weight is 470 g/mol. The summed E-state index contributed by atoms with van der Waals surface area (Å²) in [6, 6.07) is 8.36. The van der Waals surface area contributed by atoms with E-state index in [0.717, 1.165) is 44.4 Å². The van der Waals surface area contributed by atoms with Gasteiger partial charge in [0.15, 0.2) is 5.96 Å². The first-order valence-electron chi connectivity index (χ1n) is 9.06. The molecule has 0 aliphatic carbocycles. The van der Waals surface area contributed by atoms with Crippen LogP contribution in [0.15, 0.2) is 29.3 Å². The van der Waals surface area contributed by atoms with E-state index in [9.17, 15) is 0 Å². The van der Waals surface area contributed by atoms with Crippen molar-refractivity contribution in [2.24, 2.45) is 10.9 Å². The molecule has 6 heteroatoms. The fraction of sp³-hybridized carbons (Fsp3) is 0.550. The van der Waals surface area contributed by atoms with Crippen molar-refractivity contribution < 1.29 is 4.74 Å². The molecule has 1 aromatic rings. The molecule has 2 rings (SSSR count). The van der Waals surface area contributed by atoms with Crippen LogP contribution in [0.3, 0.4) is 0 Å². The highest BCUT2D eigenvalue weighted by atomic mass is 127. The smallest absolute Gasteiger partial charge is 0.192 e. The van der Waals surface area contributed by atoms with Crippen molar-refractivity contribution in [3.8, 4) is 18.1 Å². The first-order chi connectivity index (χ1) is 12.2. The number of terminal acetylenes is 1. The first kappa shape index (κ1) is 22.6. The molecule has 1 heterocycles. The fourth-order valence-electron chi connectivity index (χ4n) is 3.01. The Morgan fingerprint density at radius 2 is 1.96 bits per heavy atom. The van der Waals surface area contributed by atoms with Gasteiger partial charge in [-0.1, -0.05) is 18.1 Å². The molecular formula is C20H31IN4O. The summed E-state index contributed by atoms with van der Waals surface area (Å²) in [5.41, 5.74) is 1.34. The molecule has 1 aliphatic heterocycles. The van der Waals surface area contributed by atoms with Gasteiger partial charge in [0.1, 0.15) is 5.75 Å². The minimum Gasteiger partial charge on any atom is -0.497 e. The molecule has 0 saturated carbocycles. The maximum absolute atomic E-state index is 5.30. The van der Waals surface area contributed by atoms with Crippen molar-refractivity contribution >= 4 is 29.9 Å². The van der Waals surface area contributed by atoms with Gasteiger partial charge in [0.05, 0.1) is 13.7 Å². The summed E-state index contributed by atoms with van der Waals surface area (Å²) >= 11 is 0. The number of nitrogens with zero attached hydrogens (tertiary/aromatic N) is 2.